The van der Waals surface area contributed by atoms with Crippen molar-refractivity contribution >= 4 is 11.9 Å². The highest BCUT2D eigenvalue weighted by molar-refractivity contribution is 5.77. The van der Waals surface area contributed by atoms with E-state index in [1.165, 1.54) is 18.2 Å². The van der Waals surface area contributed by atoms with Crippen molar-refractivity contribution in [1.82, 2.24) is 5.32 Å². The molecule has 25 heavy (non-hydrogen) atoms. The molecule has 5 nitrogen and oxygen atoms in total. The average Bonchev–Trinajstić information content (AvgIpc) is 2.48. The van der Waals surface area contributed by atoms with Crippen molar-refractivity contribution in [2.45, 2.75) is 39.5 Å². The maximum absolute atomic E-state index is 12.4. The molecule has 0 heterocycles. The molecule has 140 valence electrons. The zero-order valence-electron chi connectivity index (χ0n) is 14.1. The van der Waals surface area contributed by atoms with Gasteiger partial charge in [0, 0.05) is 13.0 Å². The van der Waals surface area contributed by atoms with Crippen molar-refractivity contribution < 1.29 is 32.6 Å². The lowest BCUT2D eigenvalue weighted by molar-refractivity contribution is -0.274. The SMILES string of the molecule is CC(C)CC(CNC(=O)CCc1ccccc1OC(F)(F)F)C(=O)O. The van der Waals surface area contributed by atoms with E-state index >= 15 is 0 Å². The third kappa shape index (κ3) is 8.42. The molecule has 0 saturated heterocycles. The molecule has 0 aliphatic rings. The number of carbonyl (C=O) groups is 2. The van der Waals surface area contributed by atoms with Crippen LogP contribution < -0.4 is 10.1 Å². The van der Waals surface area contributed by atoms with E-state index in [-0.39, 0.29) is 36.6 Å². The number of para-hydroxylation sites is 1. The van der Waals surface area contributed by atoms with Crippen LogP contribution in [0.15, 0.2) is 24.3 Å². The Hall–Kier alpha value is -2.25. The van der Waals surface area contributed by atoms with E-state index in [9.17, 15) is 22.8 Å². The summed E-state index contributed by atoms with van der Waals surface area (Å²) in [5, 5.41) is 11.6. The van der Waals surface area contributed by atoms with Crippen LogP contribution in [0.5, 0.6) is 5.75 Å². The Morgan fingerprint density at radius 3 is 2.44 bits per heavy atom. The van der Waals surface area contributed by atoms with Crippen LogP contribution in [0.3, 0.4) is 0 Å². The molecule has 2 N–H and O–H groups in total. The predicted molar refractivity (Wildman–Crippen MR) is 85.0 cm³/mol. The van der Waals surface area contributed by atoms with Gasteiger partial charge in [0.05, 0.1) is 5.92 Å². The van der Waals surface area contributed by atoms with Crippen molar-refractivity contribution in [2.24, 2.45) is 11.8 Å². The molecule has 0 bridgehead atoms. The van der Waals surface area contributed by atoms with Crippen LogP contribution in [-0.2, 0) is 16.0 Å². The normalized spacial score (nSPS) is 12.7. The summed E-state index contributed by atoms with van der Waals surface area (Å²) >= 11 is 0. The number of alkyl halides is 3. The number of carbonyl (C=O) groups excluding carboxylic acids is 1. The zero-order valence-corrected chi connectivity index (χ0v) is 14.1. The highest BCUT2D eigenvalue weighted by Crippen LogP contribution is 2.27. The zero-order chi connectivity index (χ0) is 19.0. The van der Waals surface area contributed by atoms with E-state index in [2.05, 4.69) is 10.1 Å². The van der Waals surface area contributed by atoms with Gasteiger partial charge in [-0.3, -0.25) is 9.59 Å². The fourth-order valence-electron chi connectivity index (χ4n) is 2.35. The number of carboxylic acid groups (broad SMARTS) is 1. The standard InChI is InChI=1S/C17H22F3NO4/c1-11(2)9-13(16(23)24)10-21-15(22)8-7-12-5-3-4-6-14(12)25-17(18,19)20/h3-6,11,13H,7-10H2,1-2H3,(H,21,22)(H,23,24). The number of halogens is 3. The molecule has 0 aliphatic heterocycles. The number of nitrogens with one attached hydrogen (secondary N) is 1. The van der Waals surface area contributed by atoms with Crippen molar-refractivity contribution in [3.63, 3.8) is 0 Å². The highest BCUT2D eigenvalue weighted by Gasteiger charge is 2.32. The lowest BCUT2D eigenvalue weighted by Crippen LogP contribution is -2.33. The van der Waals surface area contributed by atoms with Gasteiger partial charge in [0.25, 0.3) is 0 Å². The molecule has 1 aromatic rings. The van der Waals surface area contributed by atoms with E-state index < -0.39 is 24.2 Å². The summed E-state index contributed by atoms with van der Waals surface area (Å²) in [6.45, 7) is 3.76. The molecule has 1 amide bonds. The second kappa shape index (κ2) is 9.29. The van der Waals surface area contributed by atoms with Gasteiger partial charge >= 0.3 is 12.3 Å². The van der Waals surface area contributed by atoms with Gasteiger partial charge in [0.15, 0.2) is 0 Å². The van der Waals surface area contributed by atoms with Crippen LogP contribution in [0, 0.1) is 11.8 Å². The lowest BCUT2D eigenvalue weighted by atomic mass is 9.97. The first-order chi connectivity index (χ1) is 11.6. The number of rotatable bonds is 9. The number of aliphatic carboxylic acids is 1. The fraction of sp³-hybridized carbons (Fsp3) is 0.529. The minimum atomic E-state index is -4.80. The maximum Gasteiger partial charge on any atom is 0.573 e. The van der Waals surface area contributed by atoms with Crippen LogP contribution in [0.2, 0.25) is 0 Å². The smallest absolute Gasteiger partial charge is 0.481 e. The van der Waals surface area contributed by atoms with E-state index in [1.807, 2.05) is 13.8 Å². The topological polar surface area (TPSA) is 75.6 Å². The summed E-state index contributed by atoms with van der Waals surface area (Å²) in [4.78, 5) is 23.0. The first-order valence-corrected chi connectivity index (χ1v) is 7.91. The molecule has 1 atom stereocenters. The number of ether oxygens (including phenoxy) is 1. The van der Waals surface area contributed by atoms with Crippen molar-refractivity contribution in [3.05, 3.63) is 29.8 Å². The van der Waals surface area contributed by atoms with Crippen LogP contribution in [0.25, 0.3) is 0 Å². The Kier molecular flexibility index (Phi) is 7.73. The molecule has 0 radical (unpaired) electrons. The number of hydrogen-bond acceptors (Lipinski definition) is 3. The first kappa shape index (κ1) is 20.8. The van der Waals surface area contributed by atoms with E-state index in [0.29, 0.717) is 6.42 Å². The molecule has 0 aliphatic carbocycles. The third-order valence-corrected chi connectivity index (χ3v) is 3.47. The Labute approximate surface area is 144 Å². The molecule has 1 rings (SSSR count). The number of benzene rings is 1. The van der Waals surface area contributed by atoms with Gasteiger partial charge in [-0.15, -0.1) is 13.2 Å². The molecule has 0 fully saturated rings. The highest BCUT2D eigenvalue weighted by atomic mass is 19.4. The minimum absolute atomic E-state index is 0.00690. The summed E-state index contributed by atoms with van der Waals surface area (Å²) in [6, 6.07) is 5.60. The van der Waals surface area contributed by atoms with Gasteiger partial charge in [0.1, 0.15) is 5.75 Å². The molecule has 8 heteroatoms. The number of amides is 1. The number of hydrogen-bond donors (Lipinski definition) is 2. The summed E-state index contributed by atoms with van der Waals surface area (Å²) < 4.78 is 41.0. The van der Waals surface area contributed by atoms with Crippen LogP contribution in [0.4, 0.5) is 13.2 Å². The van der Waals surface area contributed by atoms with Crippen LogP contribution >= 0.6 is 0 Å². The van der Waals surface area contributed by atoms with Crippen molar-refractivity contribution in [3.8, 4) is 5.75 Å². The molecule has 1 unspecified atom stereocenters. The van der Waals surface area contributed by atoms with E-state index in [1.54, 1.807) is 6.07 Å². The van der Waals surface area contributed by atoms with Gasteiger partial charge in [-0.2, -0.15) is 0 Å². The molecule has 0 saturated carbocycles. The molecule has 1 aromatic carbocycles. The lowest BCUT2D eigenvalue weighted by Gasteiger charge is -2.16. The largest absolute Gasteiger partial charge is 0.573 e. The van der Waals surface area contributed by atoms with E-state index in [0.717, 1.165) is 0 Å². The number of carboxylic acids is 1. The number of aryl methyl sites for hydroxylation is 1. The summed E-state index contributed by atoms with van der Waals surface area (Å²) in [7, 11) is 0. The molecule has 0 aromatic heterocycles. The van der Waals surface area contributed by atoms with Crippen molar-refractivity contribution in [1.29, 1.82) is 0 Å². The molecule has 0 spiro atoms. The summed E-state index contributed by atoms with van der Waals surface area (Å²) in [5.41, 5.74) is 0.256. The Bertz CT molecular complexity index is 588. The van der Waals surface area contributed by atoms with Gasteiger partial charge in [-0.05, 0) is 30.4 Å². The Morgan fingerprint density at radius 2 is 1.88 bits per heavy atom. The predicted octanol–water partition coefficient (Wildman–Crippen LogP) is 3.38. The van der Waals surface area contributed by atoms with Gasteiger partial charge in [0.2, 0.25) is 5.91 Å². The van der Waals surface area contributed by atoms with Gasteiger partial charge < -0.3 is 15.2 Å². The van der Waals surface area contributed by atoms with Gasteiger partial charge in [-0.25, -0.2) is 0 Å². The van der Waals surface area contributed by atoms with E-state index in [4.69, 9.17) is 5.11 Å². The van der Waals surface area contributed by atoms with Gasteiger partial charge in [-0.1, -0.05) is 32.0 Å². The average molecular weight is 361 g/mol. The van der Waals surface area contributed by atoms with Crippen LogP contribution in [-0.4, -0.2) is 29.9 Å². The van der Waals surface area contributed by atoms with Crippen LogP contribution in [0.1, 0.15) is 32.3 Å². The summed E-state index contributed by atoms with van der Waals surface area (Å²) in [6.07, 6.45) is -4.38. The minimum Gasteiger partial charge on any atom is -0.481 e. The Balaban J connectivity index is 2.55. The molecular formula is C17H22F3NO4. The molecular weight excluding hydrogens is 339 g/mol. The summed E-state index contributed by atoms with van der Waals surface area (Å²) in [5.74, 6) is -2.27. The Morgan fingerprint density at radius 1 is 1.24 bits per heavy atom. The van der Waals surface area contributed by atoms with Crippen molar-refractivity contribution in [2.75, 3.05) is 6.54 Å². The maximum atomic E-state index is 12.4. The quantitative estimate of drug-likeness (QED) is 0.707. The monoisotopic (exact) mass is 361 g/mol. The first-order valence-electron chi connectivity index (χ1n) is 7.91. The second-order valence-corrected chi connectivity index (χ2v) is 6.12. The third-order valence-electron chi connectivity index (χ3n) is 3.47. The second-order valence-electron chi connectivity index (χ2n) is 6.12. The fourth-order valence-corrected chi connectivity index (χ4v) is 2.35.